The highest BCUT2D eigenvalue weighted by Gasteiger charge is 2.18. The largest absolute Gasteiger partial charge is 0.493 e. The average molecular weight is 366 g/mol. The molecular formula is C20H28ClNO3. The van der Waals surface area contributed by atoms with Crippen LogP contribution < -0.4 is 19.9 Å². The van der Waals surface area contributed by atoms with Crippen molar-refractivity contribution in [3.8, 4) is 17.2 Å². The van der Waals surface area contributed by atoms with Crippen molar-refractivity contribution in [2.24, 2.45) is 11.7 Å². The van der Waals surface area contributed by atoms with E-state index in [0.29, 0.717) is 24.0 Å². The van der Waals surface area contributed by atoms with Gasteiger partial charge in [-0.05, 0) is 24.0 Å². The Morgan fingerprint density at radius 3 is 2.08 bits per heavy atom. The van der Waals surface area contributed by atoms with E-state index in [4.69, 9.17) is 19.9 Å². The van der Waals surface area contributed by atoms with E-state index in [1.54, 1.807) is 14.2 Å². The number of nitrogens with two attached hydrogens (primary N) is 1. The van der Waals surface area contributed by atoms with Crippen LogP contribution in [0.15, 0.2) is 42.5 Å². The van der Waals surface area contributed by atoms with Crippen molar-refractivity contribution in [1.29, 1.82) is 0 Å². The Morgan fingerprint density at radius 2 is 1.52 bits per heavy atom. The first-order valence-corrected chi connectivity index (χ1v) is 8.23. The van der Waals surface area contributed by atoms with Gasteiger partial charge in [0.15, 0.2) is 11.5 Å². The summed E-state index contributed by atoms with van der Waals surface area (Å²) >= 11 is 0. The van der Waals surface area contributed by atoms with Crippen molar-refractivity contribution in [3.63, 3.8) is 0 Å². The molecule has 0 heterocycles. The van der Waals surface area contributed by atoms with Gasteiger partial charge in [-0.15, -0.1) is 12.4 Å². The fourth-order valence-electron chi connectivity index (χ4n) is 2.66. The van der Waals surface area contributed by atoms with Gasteiger partial charge in [0.05, 0.1) is 14.2 Å². The molecule has 0 aliphatic rings. The summed E-state index contributed by atoms with van der Waals surface area (Å²) in [7, 11) is 3.24. The van der Waals surface area contributed by atoms with E-state index >= 15 is 0 Å². The van der Waals surface area contributed by atoms with Gasteiger partial charge in [-0.2, -0.15) is 0 Å². The summed E-state index contributed by atoms with van der Waals surface area (Å²) in [6.07, 6.45) is 0.872. The van der Waals surface area contributed by atoms with E-state index in [1.165, 1.54) is 0 Å². The van der Waals surface area contributed by atoms with Crippen molar-refractivity contribution >= 4 is 12.4 Å². The zero-order valence-corrected chi connectivity index (χ0v) is 16.1. The average Bonchev–Trinajstić information content (AvgIpc) is 2.59. The Kier molecular flexibility index (Phi) is 8.59. The molecule has 4 nitrogen and oxygen atoms in total. The van der Waals surface area contributed by atoms with Crippen LogP contribution in [0.5, 0.6) is 17.2 Å². The van der Waals surface area contributed by atoms with Crippen LogP contribution in [0.1, 0.15) is 37.4 Å². The lowest BCUT2D eigenvalue weighted by atomic mass is 9.96. The molecule has 0 unspecified atom stereocenters. The molecule has 0 saturated carbocycles. The van der Waals surface area contributed by atoms with Crippen LogP contribution in [0.2, 0.25) is 0 Å². The zero-order valence-electron chi connectivity index (χ0n) is 15.3. The van der Waals surface area contributed by atoms with Crippen LogP contribution >= 0.6 is 12.4 Å². The van der Waals surface area contributed by atoms with Gasteiger partial charge in [0.1, 0.15) is 12.4 Å². The van der Waals surface area contributed by atoms with E-state index in [1.807, 2.05) is 42.5 Å². The maximum Gasteiger partial charge on any atom is 0.164 e. The number of rotatable bonds is 8. The highest BCUT2D eigenvalue weighted by Crippen LogP contribution is 2.38. The zero-order chi connectivity index (χ0) is 17.5. The van der Waals surface area contributed by atoms with Crippen LogP contribution in [0.25, 0.3) is 0 Å². The molecule has 0 saturated heterocycles. The first-order chi connectivity index (χ1) is 11.5. The molecule has 0 spiro atoms. The maximum absolute atomic E-state index is 6.40. The molecule has 138 valence electrons. The van der Waals surface area contributed by atoms with Gasteiger partial charge < -0.3 is 19.9 Å². The minimum Gasteiger partial charge on any atom is -0.493 e. The van der Waals surface area contributed by atoms with Crippen molar-refractivity contribution in [2.45, 2.75) is 32.9 Å². The lowest BCUT2D eigenvalue weighted by Crippen LogP contribution is -2.15. The topological polar surface area (TPSA) is 53.7 Å². The summed E-state index contributed by atoms with van der Waals surface area (Å²) in [5.41, 5.74) is 8.45. The standard InChI is InChI=1S/C20H27NO3.ClH/c1-14(2)10-17(21)16-11-19(22-3)20(23-4)12-18(16)24-13-15-8-6-5-7-9-15;/h5-9,11-12,14,17H,10,13,21H2,1-4H3;1H/t17-;/m0./s1. The fourth-order valence-corrected chi connectivity index (χ4v) is 2.66. The van der Waals surface area contributed by atoms with Crippen LogP contribution in [-0.4, -0.2) is 14.2 Å². The highest BCUT2D eigenvalue weighted by molar-refractivity contribution is 5.85. The van der Waals surface area contributed by atoms with Crippen molar-refractivity contribution < 1.29 is 14.2 Å². The first kappa shape index (κ1) is 21.1. The smallest absolute Gasteiger partial charge is 0.164 e. The van der Waals surface area contributed by atoms with Gasteiger partial charge in [0.2, 0.25) is 0 Å². The first-order valence-electron chi connectivity index (χ1n) is 8.23. The monoisotopic (exact) mass is 365 g/mol. The number of benzene rings is 2. The van der Waals surface area contributed by atoms with E-state index < -0.39 is 0 Å². The number of methoxy groups -OCH3 is 2. The van der Waals surface area contributed by atoms with Crippen LogP contribution in [0.3, 0.4) is 0 Å². The van der Waals surface area contributed by atoms with Crippen molar-refractivity contribution in [1.82, 2.24) is 0 Å². The summed E-state index contributed by atoms with van der Waals surface area (Å²) in [5.74, 6) is 2.54. The predicted octanol–water partition coefficient (Wildman–Crippen LogP) is 4.75. The second-order valence-electron chi connectivity index (χ2n) is 6.26. The molecule has 0 aliphatic heterocycles. The quantitative estimate of drug-likeness (QED) is 0.733. The molecular weight excluding hydrogens is 338 g/mol. The van der Waals surface area contributed by atoms with Crippen LogP contribution in [0, 0.1) is 5.92 Å². The third kappa shape index (κ3) is 5.83. The van der Waals surface area contributed by atoms with Crippen LogP contribution in [0.4, 0.5) is 0 Å². The van der Waals surface area contributed by atoms with E-state index in [2.05, 4.69) is 13.8 Å². The molecule has 2 aromatic carbocycles. The maximum atomic E-state index is 6.40. The van der Waals surface area contributed by atoms with E-state index in [9.17, 15) is 0 Å². The molecule has 25 heavy (non-hydrogen) atoms. The van der Waals surface area contributed by atoms with Gasteiger partial charge in [0, 0.05) is 17.7 Å². The van der Waals surface area contributed by atoms with Gasteiger partial charge in [-0.3, -0.25) is 0 Å². The number of hydrogen-bond donors (Lipinski definition) is 1. The Labute approximate surface area is 156 Å². The number of hydrogen-bond acceptors (Lipinski definition) is 4. The molecule has 0 fully saturated rings. The Balaban J connectivity index is 0.00000312. The minimum atomic E-state index is -0.115. The fraction of sp³-hybridized carbons (Fsp3) is 0.400. The number of halogens is 1. The summed E-state index contributed by atoms with van der Waals surface area (Å²) < 4.78 is 16.9. The molecule has 0 aliphatic carbocycles. The molecule has 2 rings (SSSR count). The summed E-state index contributed by atoms with van der Waals surface area (Å²) in [6.45, 7) is 4.80. The van der Waals surface area contributed by atoms with Crippen molar-refractivity contribution in [2.75, 3.05) is 14.2 Å². The predicted molar refractivity (Wildman–Crippen MR) is 104 cm³/mol. The molecule has 5 heteroatoms. The third-order valence-corrected chi connectivity index (χ3v) is 3.88. The Morgan fingerprint density at radius 1 is 0.920 bits per heavy atom. The second kappa shape index (κ2) is 10.2. The van der Waals surface area contributed by atoms with Crippen LogP contribution in [-0.2, 0) is 6.61 Å². The third-order valence-electron chi connectivity index (χ3n) is 3.88. The minimum absolute atomic E-state index is 0. The lowest BCUT2D eigenvalue weighted by Gasteiger charge is -2.21. The van der Waals surface area contributed by atoms with E-state index in [0.717, 1.165) is 23.3 Å². The number of ether oxygens (including phenoxy) is 3. The van der Waals surface area contributed by atoms with Gasteiger partial charge in [-0.1, -0.05) is 44.2 Å². The second-order valence-corrected chi connectivity index (χ2v) is 6.26. The van der Waals surface area contributed by atoms with Gasteiger partial charge in [0.25, 0.3) is 0 Å². The van der Waals surface area contributed by atoms with E-state index in [-0.39, 0.29) is 18.4 Å². The molecule has 2 aromatic rings. The molecule has 0 amide bonds. The summed E-state index contributed by atoms with van der Waals surface area (Å²) in [4.78, 5) is 0. The highest BCUT2D eigenvalue weighted by atomic mass is 35.5. The molecule has 0 radical (unpaired) electrons. The summed E-state index contributed by atoms with van der Waals surface area (Å²) in [6, 6.07) is 13.7. The molecule has 2 N–H and O–H groups in total. The molecule has 0 aromatic heterocycles. The molecule has 0 bridgehead atoms. The summed E-state index contributed by atoms with van der Waals surface area (Å²) in [5, 5.41) is 0. The Hall–Kier alpha value is -1.91. The van der Waals surface area contributed by atoms with Gasteiger partial charge in [-0.25, -0.2) is 0 Å². The SMILES string of the molecule is COc1cc(OCc2ccccc2)c([C@@H](N)CC(C)C)cc1OC.Cl. The normalized spacial score (nSPS) is 11.6. The van der Waals surface area contributed by atoms with Crippen molar-refractivity contribution in [3.05, 3.63) is 53.6 Å². The Bertz CT molecular complexity index is 647. The lowest BCUT2D eigenvalue weighted by molar-refractivity contribution is 0.293. The van der Waals surface area contributed by atoms with Gasteiger partial charge >= 0.3 is 0 Å². The molecule has 1 atom stereocenters.